The van der Waals surface area contributed by atoms with Gasteiger partial charge in [0, 0.05) is 25.7 Å². The van der Waals surface area contributed by atoms with Gasteiger partial charge in [0.1, 0.15) is 19.3 Å². The average molecular weight is 1380 g/mol. The molecule has 0 aromatic heterocycles. The van der Waals surface area contributed by atoms with E-state index in [9.17, 15) is 43.2 Å². The standard InChI is InChI=1S/C75H142O17P2/c1-8-10-11-12-13-14-15-16-17-21-24-29-34-42-49-56-72(77)85-62-70(91-75(80)59-52-45-36-31-26-27-32-39-46-53-66(3)4)64-89-93(81,82)87-60-69(76)61-88-94(83,84)90-65-71(63-86-73(78)57-50-43-38-37-40-47-54-67(5)6)92-74(79)58-51-44-35-30-25-22-19-18-20-23-28-33-41-48-55-68(7)9-2/h14-17,66-71,76H,8-13,18-65H2,1-7H3,(H,81,82)(H,83,84)/b15-14-,17-16-/t68?,69-,70-,71-/m1/s1. The van der Waals surface area contributed by atoms with Crippen LogP contribution in [0.2, 0.25) is 0 Å². The Balaban J connectivity index is 5.25. The molecule has 0 heterocycles. The number of phosphoric ester groups is 2. The number of unbranched alkanes of at least 4 members (excludes halogenated alkanes) is 35. The second-order valence-corrected chi connectivity index (χ2v) is 30.5. The molecule has 3 unspecified atom stereocenters. The summed E-state index contributed by atoms with van der Waals surface area (Å²) in [6.45, 7) is 11.8. The number of carbonyl (C=O) groups is 4. The summed E-state index contributed by atoms with van der Waals surface area (Å²) >= 11 is 0. The molecule has 94 heavy (non-hydrogen) atoms. The van der Waals surface area contributed by atoms with E-state index in [2.05, 4.69) is 72.8 Å². The maximum absolute atomic E-state index is 13.0. The van der Waals surface area contributed by atoms with Crippen LogP contribution in [0.4, 0.5) is 0 Å². The zero-order valence-electron chi connectivity index (χ0n) is 60.9. The molecule has 0 aliphatic rings. The molecule has 0 aromatic carbocycles. The summed E-state index contributed by atoms with van der Waals surface area (Å²) in [5, 5.41) is 10.6. The monoisotopic (exact) mass is 1380 g/mol. The lowest BCUT2D eigenvalue weighted by molar-refractivity contribution is -0.161. The SMILES string of the molecule is CCCCCC/C=C\C=C/CCCCCCCC(=O)OC[C@H](COP(=O)(O)OC[C@@H](O)COP(=O)(O)OC[C@@H](COC(=O)CCCCCCCCC(C)C)OC(=O)CCCCCCCCCCCCCCCCC(C)CC)OC(=O)CCCCCCCCCCCC(C)C. The molecule has 0 amide bonds. The number of allylic oxidation sites excluding steroid dienone is 4. The van der Waals surface area contributed by atoms with E-state index >= 15 is 0 Å². The summed E-state index contributed by atoms with van der Waals surface area (Å²) in [7, 11) is -9.92. The lowest BCUT2D eigenvalue weighted by Gasteiger charge is -2.21. The molecule has 0 radical (unpaired) electrons. The van der Waals surface area contributed by atoms with Crippen LogP contribution in [0, 0.1) is 17.8 Å². The number of aliphatic hydroxyl groups excluding tert-OH is 1. The van der Waals surface area contributed by atoms with Crippen molar-refractivity contribution in [1.29, 1.82) is 0 Å². The van der Waals surface area contributed by atoms with E-state index in [0.29, 0.717) is 31.6 Å². The van der Waals surface area contributed by atoms with Crippen molar-refractivity contribution in [2.75, 3.05) is 39.6 Å². The Labute approximate surface area is 573 Å². The van der Waals surface area contributed by atoms with Gasteiger partial charge >= 0.3 is 39.5 Å². The van der Waals surface area contributed by atoms with Gasteiger partial charge in [-0.1, -0.05) is 304 Å². The molecule has 0 spiro atoms. The third-order valence-electron chi connectivity index (χ3n) is 17.1. The second-order valence-electron chi connectivity index (χ2n) is 27.5. The highest BCUT2D eigenvalue weighted by Crippen LogP contribution is 2.45. The third kappa shape index (κ3) is 66.8. The van der Waals surface area contributed by atoms with Gasteiger partial charge in [-0.2, -0.15) is 0 Å². The van der Waals surface area contributed by atoms with Crippen molar-refractivity contribution < 1.29 is 80.2 Å². The molecule has 6 atom stereocenters. The number of ether oxygens (including phenoxy) is 4. The first-order valence-electron chi connectivity index (χ1n) is 38.2. The Bertz CT molecular complexity index is 1930. The van der Waals surface area contributed by atoms with E-state index in [0.717, 1.165) is 127 Å². The molecule has 0 aliphatic heterocycles. The van der Waals surface area contributed by atoms with Crippen LogP contribution >= 0.6 is 15.6 Å². The van der Waals surface area contributed by atoms with Gasteiger partial charge in [-0.15, -0.1) is 0 Å². The summed E-state index contributed by atoms with van der Waals surface area (Å²) in [6.07, 6.45) is 53.7. The number of carbonyl (C=O) groups excluding carboxylic acids is 4. The molecule has 0 aromatic rings. The minimum absolute atomic E-state index is 0.0980. The van der Waals surface area contributed by atoms with Crippen molar-refractivity contribution >= 4 is 39.5 Å². The van der Waals surface area contributed by atoms with E-state index < -0.39 is 97.5 Å². The highest BCUT2D eigenvalue weighted by Gasteiger charge is 2.30. The van der Waals surface area contributed by atoms with Crippen LogP contribution in [-0.2, 0) is 65.4 Å². The molecular formula is C75H142O17P2. The fraction of sp³-hybridized carbons (Fsp3) is 0.893. The normalized spacial score (nSPS) is 14.6. The van der Waals surface area contributed by atoms with Crippen molar-refractivity contribution in [2.24, 2.45) is 17.8 Å². The number of aliphatic hydroxyl groups is 1. The van der Waals surface area contributed by atoms with Gasteiger partial charge < -0.3 is 33.8 Å². The van der Waals surface area contributed by atoms with E-state index in [1.54, 1.807) is 0 Å². The largest absolute Gasteiger partial charge is 0.472 e. The summed E-state index contributed by atoms with van der Waals surface area (Å²) in [5.41, 5.74) is 0. The zero-order valence-corrected chi connectivity index (χ0v) is 62.7. The summed E-state index contributed by atoms with van der Waals surface area (Å²) < 4.78 is 68.4. The van der Waals surface area contributed by atoms with Gasteiger partial charge in [-0.25, -0.2) is 9.13 Å². The van der Waals surface area contributed by atoms with Crippen LogP contribution in [0.3, 0.4) is 0 Å². The summed E-state index contributed by atoms with van der Waals surface area (Å²) in [5.74, 6) is 0.103. The van der Waals surface area contributed by atoms with Crippen molar-refractivity contribution in [3.8, 4) is 0 Å². The molecule has 0 saturated carbocycles. The minimum atomic E-state index is -4.96. The predicted molar refractivity (Wildman–Crippen MR) is 381 cm³/mol. The molecule has 554 valence electrons. The van der Waals surface area contributed by atoms with Crippen LogP contribution in [0.1, 0.15) is 357 Å². The van der Waals surface area contributed by atoms with Gasteiger partial charge in [0.15, 0.2) is 12.2 Å². The molecule has 0 aliphatic carbocycles. The first-order valence-corrected chi connectivity index (χ1v) is 41.2. The fourth-order valence-corrected chi connectivity index (χ4v) is 12.4. The van der Waals surface area contributed by atoms with E-state index in [1.807, 2.05) is 0 Å². The van der Waals surface area contributed by atoms with Crippen molar-refractivity contribution in [2.45, 2.75) is 375 Å². The third-order valence-corrected chi connectivity index (χ3v) is 19.0. The fourth-order valence-electron chi connectivity index (χ4n) is 10.9. The summed E-state index contributed by atoms with van der Waals surface area (Å²) in [4.78, 5) is 72.7. The molecule has 19 heteroatoms. The van der Waals surface area contributed by atoms with Crippen molar-refractivity contribution in [3.63, 3.8) is 0 Å². The highest BCUT2D eigenvalue weighted by molar-refractivity contribution is 7.47. The van der Waals surface area contributed by atoms with Crippen LogP contribution in [0.15, 0.2) is 24.3 Å². The summed E-state index contributed by atoms with van der Waals surface area (Å²) in [6, 6.07) is 0. The van der Waals surface area contributed by atoms with Crippen LogP contribution < -0.4 is 0 Å². The lowest BCUT2D eigenvalue weighted by atomic mass is 9.99. The van der Waals surface area contributed by atoms with Crippen molar-refractivity contribution in [3.05, 3.63) is 24.3 Å². The Morgan fingerprint density at radius 1 is 0.351 bits per heavy atom. The van der Waals surface area contributed by atoms with Crippen LogP contribution in [0.25, 0.3) is 0 Å². The second kappa shape index (κ2) is 65.2. The van der Waals surface area contributed by atoms with E-state index in [1.165, 1.54) is 141 Å². The van der Waals surface area contributed by atoms with Gasteiger partial charge in [0.25, 0.3) is 0 Å². The number of rotatable bonds is 71. The van der Waals surface area contributed by atoms with E-state index in [4.69, 9.17) is 37.0 Å². The number of phosphoric acid groups is 2. The minimum Gasteiger partial charge on any atom is -0.462 e. The van der Waals surface area contributed by atoms with Crippen molar-refractivity contribution in [1.82, 2.24) is 0 Å². The Kier molecular flexibility index (Phi) is 63.5. The topological polar surface area (TPSA) is 237 Å². The lowest BCUT2D eigenvalue weighted by Crippen LogP contribution is -2.30. The molecule has 0 rings (SSSR count). The maximum Gasteiger partial charge on any atom is 0.472 e. The maximum atomic E-state index is 13.0. The van der Waals surface area contributed by atoms with Crippen LogP contribution in [-0.4, -0.2) is 96.7 Å². The number of hydrogen-bond donors (Lipinski definition) is 3. The number of esters is 4. The highest BCUT2D eigenvalue weighted by atomic mass is 31.2. The quantitative estimate of drug-likeness (QED) is 0.0169. The molecule has 3 N–H and O–H groups in total. The molecule has 17 nitrogen and oxygen atoms in total. The molecule has 0 bridgehead atoms. The average Bonchev–Trinajstić information content (AvgIpc) is 1.07. The van der Waals surface area contributed by atoms with Gasteiger partial charge in [-0.05, 0) is 69.1 Å². The van der Waals surface area contributed by atoms with E-state index in [-0.39, 0.29) is 25.7 Å². The molecule has 0 fully saturated rings. The Morgan fingerprint density at radius 2 is 0.628 bits per heavy atom. The Hall–Kier alpha value is -2.46. The predicted octanol–water partition coefficient (Wildman–Crippen LogP) is 21.3. The zero-order chi connectivity index (χ0) is 69.4. The number of hydrogen-bond acceptors (Lipinski definition) is 15. The molecular weight excluding hydrogens is 1230 g/mol. The molecule has 0 saturated heterocycles. The Morgan fingerprint density at radius 3 is 0.947 bits per heavy atom. The first kappa shape index (κ1) is 91.5. The van der Waals surface area contributed by atoms with Gasteiger partial charge in [0.05, 0.1) is 26.4 Å². The smallest absolute Gasteiger partial charge is 0.462 e. The van der Waals surface area contributed by atoms with Crippen LogP contribution in [0.5, 0.6) is 0 Å². The van der Waals surface area contributed by atoms with Gasteiger partial charge in [-0.3, -0.25) is 37.3 Å². The van der Waals surface area contributed by atoms with Gasteiger partial charge in [0.2, 0.25) is 0 Å². The first-order chi connectivity index (χ1) is 45.3.